The van der Waals surface area contributed by atoms with E-state index in [2.05, 4.69) is 0 Å². The summed E-state index contributed by atoms with van der Waals surface area (Å²) >= 11 is 0. The standard InChI is InChI=1S/C6H10O4/c7-3-5(9)1-2-6(10)4-8/h1-2,5,7-9H,3-4H2/b2-1+/t5-/m0/s1. The summed E-state index contributed by atoms with van der Waals surface area (Å²) in [4.78, 5) is 10.3. The third-order valence-corrected chi connectivity index (χ3v) is 0.847. The van der Waals surface area contributed by atoms with Crippen molar-refractivity contribution in [3.63, 3.8) is 0 Å². The first kappa shape index (κ1) is 9.29. The predicted molar refractivity (Wildman–Crippen MR) is 34.3 cm³/mol. The minimum Gasteiger partial charge on any atom is -0.393 e. The number of hydrogen-bond donors (Lipinski definition) is 3. The van der Waals surface area contributed by atoms with Crippen LogP contribution in [0.1, 0.15) is 0 Å². The molecule has 0 fully saturated rings. The quantitative estimate of drug-likeness (QED) is 0.420. The summed E-state index contributed by atoms with van der Waals surface area (Å²) in [6, 6.07) is 0. The Morgan fingerprint density at radius 3 is 2.50 bits per heavy atom. The zero-order chi connectivity index (χ0) is 7.98. The Hall–Kier alpha value is -0.710. The van der Waals surface area contributed by atoms with Gasteiger partial charge >= 0.3 is 0 Å². The topological polar surface area (TPSA) is 77.8 Å². The monoisotopic (exact) mass is 146 g/mol. The van der Waals surface area contributed by atoms with E-state index < -0.39 is 25.1 Å². The lowest BCUT2D eigenvalue weighted by Crippen LogP contribution is -2.09. The number of ketones is 1. The van der Waals surface area contributed by atoms with E-state index in [1.54, 1.807) is 0 Å². The Morgan fingerprint density at radius 1 is 1.50 bits per heavy atom. The molecular weight excluding hydrogens is 136 g/mol. The number of rotatable bonds is 4. The van der Waals surface area contributed by atoms with Crippen LogP contribution in [-0.4, -0.2) is 40.4 Å². The molecule has 0 unspecified atom stereocenters. The van der Waals surface area contributed by atoms with Crippen molar-refractivity contribution in [3.8, 4) is 0 Å². The van der Waals surface area contributed by atoms with E-state index >= 15 is 0 Å². The highest BCUT2D eigenvalue weighted by atomic mass is 16.3. The molecule has 0 radical (unpaired) electrons. The lowest BCUT2D eigenvalue weighted by Gasteiger charge is -1.96. The molecule has 0 aromatic heterocycles. The van der Waals surface area contributed by atoms with Crippen LogP contribution in [0.25, 0.3) is 0 Å². The molecule has 0 heterocycles. The highest BCUT2D eigenvalue weighted by Crippen LogP contribution is 1.83. The largest absolute Gasteiger partial charge is 0.393 e. The van der Waals surface area contributed by atoms with Gasteiger partial charge in [-0.05, 0) is 6.08 Å². The van der Waals surface area contributed by atoms with Crippen LogP contribution in [0.5, 0.6) is 0 Å². The summed E-state index contributed by atoms with van der Waals surface area (Å²) in [6.07, 6.45) is 1.13. The summed E-state index contributed by atoms with van der Waals surface area (Å²) in [6.45, 7) is -0.996. The highest BCUT2D eigenvalue weighted by Gasteiger charge is 1.96. The Labute approximate surface area is 58.4 Å². The lowest BCUT2D eigenvalue weighted by molar-refractivity contribution is -0.117. The summed E-state index contributed by atoms with van der Waals surface area (Å²) in [7, 11) is 0. The second kappa shape index (κ2) is 5.10. The van der Waals surface area contributed by atoms with Gasteiger partial charge in [0, 0.05) is 0 Å². The van der Waals surface area contributed by atoms with Crippen LogP contribution in [0.4, 0.5) is 0 Å². The third kappa shape index (κ3) is 4.20. The maximum Gasteiger partial charge on any atom is 0.180 e. The molecule has 10 heavy (non-hydrogen) atoms. The molecule has 58 valence electrons. The number of aliphatic hydroxyl groups is 3. The van der Waals surface area contributed by atoms with Crippen LogP contribution in [0.2, 0.25) is 0 Å². The maximum absolute atomic E-state index is 10.3. The minimum atomic E-state index is -1.02. The SMILES string of the molecule is O=C(/C=C/[C@H](O)CO)CO. The van der Waals surface area contributed by atoms with E-state index in [1.165, 1.54) is 0 Å². The molecule has 4 heteroatoms. The first-order chi connectivity index (χ1) is 4.70. The molecule has 3 N–H and O–H groups in total. The molecule has 0 spiro atoms. The van der Waals surface area contributed by atoms with E-state index in [0.717, 1.165) is 12.2 Å². The van der Waals surface area contributed by atoms with Crippen molar-refractivity contribution in [2.75, 3.05) is 13.2 Å². The van der Waals surface area contributed by atoms with Gasteiger partial charge in [0.2, 0.25) is 0 Å². The van der Waals surface area contributed by atoms with Crippen molar-refractivity contribution in [2.45, 2.75) is 6.10 Å². The Morgan fingerprint density at radius 2 is 2.10 bits per heavy atom. The van der Waals surface area contributed by atoms with Crippen molar-refractivity contribution >= 4 is 5.78 Å². The van der Waals surface area contributed by atoms with Crippen molar-refractivity contribution in [1.29, 1.82) is 0 Å². The van der Waals surface area contributed by atoms with E-state index in [0.29, 0.717) is 0 Å². The van der Waals surface area contributed by atoms with Gasteiger partial charge in [-0.3, -0.25) is 4.79 Å². The average Bonchev–Trinajstić information content (AvgIpc) is 1.99. The molecule has 0 aliphatic carbocycles. The van der Waals surface area contributed by atoms with Gasteiger partial charge in [-0.25, -0.2) is 0 Å². The van der Waals surface area contributed by atoms with Crippen LogP contribution >= 0.6 is 0 Å². The molecule has 0 saturated carbocycles. The van der Waals surface area contributed by atoms with E-state index in [9.17, 15) is 4.79 Å². The lowest BCUT2D eigenvalue weighted by atomic mass is 10.3. The van der Waals surface area contributed by atoms with E-state index in [1.807, 2.05) is 0 Å². The van der Waals surface area contributed by atoms with Crippen LogP contribution < -0.4 is 0 Å². The summed E-state index contributed by atoms with van der Waals surface area (Å²) < 4.78 is 0. The molecule has 0 amide bonds. The van der Waals surface area contributed by atoms with Gasteiger partial charge in [-0.2, -0.15) is 0 Å². The molecule has 4 nitrogen and oxygen atoms in total. The Kier molecular flexibility index (Phi) is 4.74. The summed E-state index contributed by atoms with van der Waals surface area (Å²) in [5.74, 6) is -0.493. The minimum absolute atomic E-state index is 0.421. The van der Waals surface area contributed by atoms with Crippen molar-refractivity contribution < 1.29 is 20.1 Å². The van der Waals surface area contributed by atoms with Crippen LogP contribution in [0.15, 0.2) is 12.2 Å². The fraction of sp³-hybridized carbons (Fsp3) is 0.500. The number of hydrogen-bond acceptors (Lipinski definition) is 4. The van der Waals surface area contributed by atoms with Gasteiger partial charge < -0.3 is 15.3 Å². The molecule has 0 aliphatic heterocycles. The van der Waals surface area contributed by atoms with Gasteiger partial charge in [0.25, 0.3) is 0 Å². The van der Waals surface area contributed by atoms with Gasteiger partial charge in [0.1, 0.15) is 6.61 Å². The average molecular weight is 146 g/mol. The second-order valence-electron chi connectivity index (χ2n) is 1.73. The van der Waals surface area contributed by atoms with Gasteiger partial charge in [-0.15, -0.1) is 0 Å². The molecule has 0 aromatic carbocycles. The molecule has 0 aromatic rings. The van der Waals surface area contributed by atoms with Gasteiger partial charge in [0.15, 0.2) is 5.78 Å². The highest BCUT2D eigenvalue weighted by molar-refractivity contribution is 5.90. The predicted octanol–water partition coefficient (Wildman–Crippen LogP) is -1.54. The molecule has 0 aliphatic rings. The number of carbonyl (C=O) groups is 1. The first-order valence-electron chi connectivity index (χ1n) is 2.81. The maximum atomic E-state index is 10.3. The third-order valence-electron chi connectivity index (χ3n) is 0.847. The molecule has 1 atom stereocenters. The van der Waals surface area contributed by atoms with E-state index in [4.69, 9.17) is 15.3 Å². The second-order valence-corrected chi connectivity index (χ2v) is 1.73. The molecule has 0 saturated heterocycles. The zero-order valence-electron chi connectivity index (χ0n) is 5.40. The molecule has 0 rings (SSSR count). The summed E-state index contributed by atoms with van der Waals surface area (Å²) in [5, 5.41) is 25.1. The van der Waals surface area contributed by atoms with Crippen LogP contribution in [0, 0.1) is 0 Å². The van der Waals surface area contributed by atoms with E-state index in [-0.39, 0.29) is 0 Å². The van der Waals surface area contributed by atoms with Gasteiger partial charge in [-0.1, -0.05) is 6.08 Å². The normalized spacial score (nSPS) is 13.9. The smallest absolute Gasteiger partial charge is 0.180 e. The number of aliphatic hydroxyl groups excluding tert-OH is 3. The Bertz CT molecular complexity index is 130. The zero-order valence-corrected chi connectivity index (χ0v) is 5.40. The fourth-order valence-electron chi connectivity index (χ4n) is 0.332. The van der Waals surface area contributed by atoms with Gasteiger partial charge in [0.05, 0.1) is 12.7 Å². The number of carbonyl (C=O) groups excluding carboxylic acids is 1. The van der Waals surface area contributed by atoms with Crippen molar-refractivity contribution in [3.05, 3.63) is 12.2 Å². The van der Waals surface area contributed by atoms with Crippen LogP contribution in [0.3, 0.4) is 0 Å². The van der Waals surface area contributed by atoms with Crippen LogP contribution in [-0.2, 0) is 4.79 Å². The summed E-state index contributed by atoms with van der Waals surface area (Å²) in [5.41, 5.74) is 0. The molecular formula is C6H10O4. The molecule has 0 bridgehead atoms. The van der Waals surface area contributed by atoms with Crippen molar-refractivity contribution in [2.24, 2.45) is 0 Å². The van der Waals surface area contributed by atoms with Crippen molar-refractivity contribution in [1.82, 2.24) is 0 Å². The fourth-order valence-corrected chi connectivity index (χ4v) is 0.332. The first-order valence-corrected chi connectivity index (χ1v) is 2.81. The Balaban J connectivity index is 3.63.